The first-order valence-corrected chi connectivity index (χ1v) is 7.91. The molecule has 0 aromatic carbocycles. The largest absolute Gasteiger partial charge is 0.356 e. The Labute approximate surface area is 125 Å². The minimum atomic E-state index is 0.414. The van der Waals surface area contributed by atoms with Crippen LogP contribution < -0.4 is 4.90 Å². The molecule has 0 atom stereocenters. The molecule has 20 heavy (non-hydrogen) atoms. The van der Waals surface area contributed by atoms with Crippen molar-refractivity contribution in [3.63, 3.8) is 0 Å². The fourth-order valence-electron chi connectivity index (χ4n) is 3.72. The number of nitrogens with zero attached hydrogens (tertiary/aromatic N) is 3. The van der Waals surface area contributed by atoms with Crippen LogP contribution in [0.1, 0.15) is 50.5 Å². The van der Waals surface area contributed by atoms with Crippen LogP contribution in [0.5, 0.6) is 0 Å². The van der Waals surface area contributed by atoms with Crippen LogP contribution in [0.2, 0.25) is 5.15 Å². The van der Waals surface area contributed by atoms with Crippen LogP contribution in [-0.2, 0) is 0 Å². The van der Waals surface area contributed by atoms with Crippen molar-refractivity contribution in [2.75, 3.05) is 18.0 Å². The van der Waals surface area contributed by atoms with Gasteiger partial charge in [0.2, 0.25) is 0 Å². The maximum absolute atomic E-state index is 9.03. The Kier molecular flexibility index (Phi) is 3.85. The molecule has 1 aliphatic carbocycles. The Hall–Kier alpha value is -1.27. The maximum Gasteiger partial charge on any atom is 0.132 e. The quantitative estimate of drug-likeness (QED) is 0.729. The van der Waals surface area contributed by atoms with Crippen LogP contribution in [0.4, 0.5) is 5.82 Å². The standard InChI is InChI=1S/C16H20ClN3/c17-14-10-13(12-18)11-15(19-14)20-8-6-16(7-9-20)4-2-1-3-5-16/h10-11H,1-9H2. The van der Waals surface area contributed by atoms with Crippen LogP contribution in [0.25, 0.3) is 0 Å². The fraction of sp³-hybridized carbons (Fsp3) is 0.625. The number of rotatable bonds is 1. The van der Waals surface area contributed by atoms with E-state index < -0.39 is 0 Å². The van der Waals surface area contributed by atoms with E-state index in [2.05, 4.69) is 16.0 Å². The van der Waals surface area contributed by atoms with Gasteiger partial charge in [0.1, 0.15) is 11.0 Å². The molecule has 1 aromatic rings. The van der Waals surface area contributed by atoms with E-state index in [9.17, 15) is 0 Å². The van der Waals surface area contributed by atoms with E-state index in [0.717, 1.165) is 18.9 Å². The van der Waals surface area contributed by atoms with Crippen LogP contribution in [0.3, 0.4) is 0 Å². The van der Waals surface area contributed by atoms with E-state index in [1.807, 2.05) is 6.07 Å². The van der Waals surface area contributed by atoms with E-state index in [1.165, 1.54) is 44.9 Å². The summed E-state index contributed by atoms with van der Waals surface area (Å²) in [6.07, 6.45) is 9.50. The van der Waals surface area contributed by atoms with Gasteiger partial charge in [-0.25, -0.2) is 4.98 Å². The average molecular weight is 290 g/mol. The molecule has 1 saturated carbocycles. The van der Waals surface area contributed by atoms with Crippen molar-refractivity contribution in [1.82, 2.24) is 4.98 Å². The highest BCUT2D eigenvalue weighted by Gasteiger charge is 2.35. The molecule has 0 N–H and O–H groups in total. The molecule has 0 radical (unpaired) electrons. The zero-order valence-electron chi connectivity index (χ0n) is 11.7. The molecule has 2 fully saturated rings. The van der Waals surface area contributed by atoms with Gasteiger partial charge in [0, 0.05) is 13.1 Å². The second-order valence-electron chi connectivity index (χ2n) is 6.20. The molecule has 4 heteroatoms. The van der Waals surface area contributed by atoms with Gasteiger partial charge in [-0.15, -0.1) is 0 Å². The summed E-state index contributed by atoms with van der Waals surface area (Å²) in [6.45, 7) is 2.08. The van der Waals surface area contributed by atoms with E-state index in [4.69, 9.17) is 16.9 Å². The Morgan fingerprint density at radius 1 is 1.10 bits per heavy atom. The predicted octanol–water partition coefficient (Wildman–Crippen LogP) is 4.16. The van der Waals surface area contributed by atoms with Gasteiger partial charge in [-0.2, -0.15) is 5.26 Å². The van der Waals surface area contributed by atoms with Crippen molar-refractivity contribution in [2.24, 2.45) is 5.41 Å². The number of hydrogen-bond acceptors (Lipinski definition) is 3. The van der Waals surface area contributed by atoms with Crippen molar-refractivity contribution in [3.05, 3.63) is 22.8 Å². The molecule has 1 spiro atoms. The highest BCUT2D eigenvalue weighted by Crippen LogP contribution is 2.45. The van der Waals surface area contributed by atoms with E-state index in [-0.39, 0.29) is 0 Å². The first kappa shape index (κ1) is 13.7. The third kappa shape index (κ3) is 2.76. The lowest BCUT2D eigenvalue weighted by Gasteiger charge is -2.44. The summed E-state index contributed by atoms with van der Waals surface area (Å²) in [4.78, 5) is 6.66. The minimum absolute atomic E-state index is 0.414. The van der Waals surface area contributed by atoms with Gasteiger partial charge in [0.05, 0.1) is 11.6 Å². The monoisotopic (exact) mass is 289 g/mol. The molecule has 1 aromatic heterocycles. The van der Waals surface area contributed by atoms with Gasteiger partial charge >= 0.3 is 0 Å². The Morgan fingerprint density at radius 2 is 1.80 bits per heavy atom. The lowest BCUT2D eigenvalue weighted by atomic mass is 9.68. The van der Waals surface area contributed by atoms with E-state index in [1.54, 1.807) is 6.07 Å². The van der Waals surface area contributed by atoms with Crippen LogP contribution in [-0.4, -0.2) is 18.1 Å². The van der Waals surface area contributed by atoms with Crippen molar-refractivity contribution >= 4 is 17.4 Å². The van der Waals surface area contributed by atoms with E-state index >= 15 is 0 Å². The molecule has 0 amide bonds. The third-order valence-corrected chi connectivity index (χ3v) is 5.17. The number of halogens is 1. The number of hydrogen-bond donors (Lipinski definition) is 0. The van der Waals surface area contributed by atoms with Crippen molar-refractivity contribution in [1.29, 1.82) is 5.26 Å². The number of aromatic nitrogens is 1. The first-order chi connectivity index (χ1) is 9.71. The Morgan fingerprint density at radius 3 is 2.45 bits per heavy atom. The third-order valence-electron chi connectivity index (χ3n) is 4.97. The molecule has 2 heterocycles. The zero-order valence-corrected chi connectivity index (χ0v) is 12.5. The maximum atomic E-state index is 9.03. The molecule has 1 saturated heterocycles. The van der Waals surface area contributed by atoms with E-state index in [0.29, 0.717) is 16.1 Å². The highest BCUT2D eigenvalue weighted by atomic mass is 35.5. The van der Waals surface area contributed by atoms with Gasteiger partial charge in [-0.1, -0.05) is 30.9 Å². The summed E-state index contributed by atoms with van der Waals surface area (Å²) in [6, 6.07) is 5.63. The minimum Gasteiger partial charge on any atom is -0.356 e. The number of nitriles is 1. The molecule has 1 aliphatic heterocycles. The van der Waals surface area contributed by atoms with Gasteiger partial charge in [-0.05, 0) is 43.2 Å². The number of anilines is 1. The van der Waals surface area contributed by atoms with Gasteiger partial charge in [-0.3, -0.25) is 0 Å². The second kappa shape index (κ2) is 5.61. The normalized spacial score (nSPS) is 21.7. The van der Waals surface area contributed by atoms with Crippen LogP contribution in [0.15, 0.2) is 12.1 Å². The van der Waals surface area contributed by atoms with Gasteiger partial charge in [0.15, 0.2) is 0 Å². The molecule has 106 valence electrons. The topological polar surface area (TPSA) is 39.9 Å². The lowest BCUT2D eigenvalue weighted by Crippen LogP contribution is -2.41. The molecule has 0 unspecified atom stereocenters. The van der Waals surface area contributed by atoms with Crippen molar-refractivity contribution in [3.8, 4) is 6.07 Å². The first-order valence-electron chi connectivity index (χ1n) is 7.53. The van der Waals surface area contributed by atoms with Crippen LogP contribution in [0, 0.1) is 16.7 Å². The summed E-state index contributed by atoms with van der Waals surface area (Å²) < 4.78 is 0. The summed E-state index contributed by atoms with van der Waals surface area (Å²) in [7, 11) is 0. The van der Waals surface area contributed by atoms with Crippen molar-refractivity contribution < 1.29 is 0 Å². The van der Waals surface area contributed by atoms with Crippen LogP contribution >= 0.6 is 11.6 Å². The smallest absolute Gasteiger partial charge is 0.132 e. The fourth-order valence-corrected chi connectivity index (χ4v) is 3.93. The Bertz CT molecular complexity index is 519. The molecule has 2 aliphatic rings. The second-order valence-corrected chi connectivity index (χ2v) is 6.58. The number of pyridine rings is 1. The average Bonchev–Trinajstić information content (AvgIpc) is 2.48. The van der Waals surface area contributed by atoms with Crippen molar-refractivity contribution in [2.45, 2.75) is 44.9 Å². The predicted molar refractivity (Wildman–Crippen MR) is 80.9 cm³/mol. The SMILES string of the molecule is N#Cc1cc(Cl)nc(N2CCC3(CCCCC3)CC2)c1. The Balaban J connectivity index is 1.72. The summed E-state index contributed by atoms with van der Waals surface area (Å²) >= 11 is 6.00. The summed E-state index contributed by atoms with van der Waals surface area (Å²) in [5.41, 5.74) is 1.18. The molecule has 3 rings (SSSR count). The lowest BCUT2D eigenvalue weighted by molar-refractivity contribution is 0.144. The van der Waals surface area contributed by atoms with Gasteiger partial charge < -0.3 is 4.90 Å². The number of piperidine rings is 1. The van der Waals surface area contributed by atoms with Gasteiger partial charge in [0.25, 0.3) is 0 Å². The molecule has 3 nitrogen and oxygen atoms in total. The zero-order chi connectivity index (χ0) is 14.0. The molecule has 0 bridgehead atoms. The summed E-state index contributed by atoms with van der Waals surface area (Å²) in [5, 5.41) is 9.44. The highest BCUT2D eigenvalue weighted by molar-refractivity contribution is 6.29. The molecular weight excluding hydrogens is 270 g/mol. The molecular formula is C16H20ClN3. The summed E-state index contributed by atoms with van der Waals surface area (Å²) in [5.74, 6) is 0.861.